The molecule has 0 aromatic carbocycles. The van der Waals surface area contributed by atoms with Gasteiger partial charge in [-0.25, -0.2) is 9.37 Å². The zero-order chi connectivity index (χ0) is 20.5. The van der Waals surface area contributed by atoms with Gasteiger partial charge in [0.2, 0.25) is 0 Å². The Hall–Kier alpha value is -3.23. The van der Waals surface area contributed by atoms with E-state index >= 15 is 0 Å². The largest absolute Gasteiger partial charge is 0.357 e. The number of carbonyl (C=O) groups excluding carboxylic acids is 1. The lowest BCUT2D eigenvalue weighted by Gasteiger charge is -2.20. The highest BCUT2D eigenvalue weighted by molar-refractivity contribution is 5.93. The molecule has 1 fully saturated rings. The van der Waals surface area contributed by atoms with Crippen LogP contribution in [0.3, 0.4) is 0 Å². The van der Waals surface area contributed by atoms with Gasteiger partial charge in [0.25, 0.3) is 5.91 Å². The number of anilines is 1. The fourth-order valence-electron chi connectivity index (χ4n) is 3.13. The first-order chi connectivity index (χ1) is 14.2. The molecule has 8 nitrogen and oxygen atoms in total. The molecule has 3 rings (SSSR count). The number of rotatable bonds is 7. The number of aliphatic imine (C=N–C) groups is 1. The third kappa shape index (κ3) is 5.87. The van der Waals surface area contributed by atoms with Gasteiger partial charge in [-0.05, 0) is 37.6 Å². The van der Waals surface area contributed by atoms with Gasteiger partial charge in [0.1, 0.15) is 0 Å². The first-order valence-electron chi connectivity index (χ1n) is 9.76. The van der Waals surface area contributed by atoms with E-state index in [9.17, 15) is 9.18 Å². The molecule has 0 aliphatic carbocycles. The number of aromatic nitrogens is 2. The van der Waals surface area contributed by atoms with E-state index in [1.165, 1.54) is 12.3 Å². The van der Waals surface area contributed by atoms with Crippen molar-refractivity contribution in [3.05, 3.63) is 54.2 Å². The second kappa shape index (κ2) is 10.4. The monoisotopic (exact) mass is 399 g/mol. The van der Waals surface area contributed by atoms with Gasteiger partial charge in [0, 0.05) is 50.8 Å². The van der Waals surface area contributed by atoms with Crippen LogP contribution in [-0.4, -0.2) is 60.6 Å². The second-order valence-electron chi connectivity index (χ2n) is 6.64. The molecule has 9 heteroatoms. The van der Waals surface area contributed by atoms with E-state index in [-0.39, 0.29) is 17.8 Å². The molecule has 1 amide bonds. The van der Waals surface area contributed by atoms with Gasteiger partial charge in [-0.1, -0.05) is 0 Å². The Bertz CT molecular complexity index is 831. The standard InChI is InChI=1S/C20H26FN7O/c1-2-23-20(26-11-10-25-19(29)15-5-3-8-22-13-15)27-16-7-12-28(14-16)18-17(21)6-4-9-24-18/h3-6,8-9,13,16H,2,7,10-12,14H2,1H3,(H,25,29)(H2,23,26,27). The average molecular weight is 399 g/mol. The van der Waals surface area contributed by atoms with Crippen LogP contribution < -0.4 is 20.9 Å². The van der Waals surface area contributed by atoms with E-state index in [2.05, 4.69) is 30.9 Å². The molecule has 3 N–H and O–H groups in total. The van der Waals surface area contributed by atoms with E-state index in [0.29, 0.717) is 37.0 Å². The molecule has 29 heavy (non-hydrogen) atoms. The molecule has 0 spiro atoms. The highest BCUT2D eigenvalue weighted by Gasteiger charge is 2.25. The van der Waals surface area contributed by atoms with Crippen LogP contribution in [0.2, 0.25) is 0 Å². The van der Waals surface area contributed by atoms with Crippen molar-refractivity contribution >= 4 is 17.7 Å². The van der Waals surface area contributed by atoms with Crippen molar-refractivity contribution in [2.75, 3.05) is 37.6 Å². The number of nitrogens with one attached hydrogen (secondary N) is 3. The van der Waals surface area contributed by atoms with Crippen molar-refractivity contribution in [2.45, 2.75) is 19.4 Å². The maximum atomic E-state index is 13.9. The van der Waals surface area contributed by atoms with Crippen LogP contribution in [0.5, 0.6) is 0 Å². The molecule has 0 bridgehead atoms. The van der Waals surface area contributed by atoms with Crippen molar-refractivity contribution in [3.8, 4) is 0 Å². The van der Waals surface area contributed by atoms with Crippen LogP contribution >= 0.6 is 0 Å². The van der Waals surface area contributed by atoms with Gasteiger partial charge in [-0.2, -0.15) is 0 Å². The molecule has 154 valence electrons. The maximum absolute atomic E-state index is 13.9. The lowest BCUT2D eigenvalue weighted by Crippen LogP contribution is -2.45. The van der Waals surface area contributed by atoms with Crippen LogP contribution in [0.25, 0.3) is 0 Å². The predicted octanol–water partition coefficient (Wildman–Crippen LogP) is 1.18. The Morgan fingerprint density at radius 3 is 2.93 bits per heavy atom. The first kappa shape index (κ1) is 20.5. The van der Waals surface area contributed by atoms with Gasteiger partial charge in [-0.15, -0.1) is 0 Å². The van der Waals surface area contributed by atoms with E-state index in [4.69, 9.17) is 0 Å². The van der Waals surface area contributed by atoms with Crippen LogP contribution in [-0.2, 0) is 0 Å². The van der Waals surface area contributed by atoms with E-state index in [0.717, 1.165) is 19.5 Å². The van der Waals surface area contributed by atoms with E-state index in [1.54, 1.807) is 30.6 Å². The van der Waals surface area contributed by atoms with Gasteiger partial charge in [0.15, 0.2) is 17.6 Å². The minimum absolute atomic E-state index is 0.138. The zero-order valence-corrected chi connectivity index (χ0v) is 16.4. The second-order valence-corrected chi connectivity index (χ2v) is 6.64. The smallest absolute Gasteiger partial charge is 0.252 e. The minimum atomic E-state index is -0.307. The van der Waals surface area contributed by atoms with Gasteiger partial charge in [-0.3, -0.25) is 14.8 Å². The fraction of sp³-hybridized carbons (Fsp3) is 0.400. The average Bonchev–Trinajstić information content (AvgIpc) is 3.20. The quantitative estimate of drug-likeness (QED) is 0.368. The first-order valence-corrected chi connectivity index (χ1v) is 9.76. The van der Waals surface area contributed by atoms with Crippen LogP contribution in [0.4, 0.5) is 10.2 Å². The number of hydrogen-bond donors (Lipinski definition) is 3. The Morgan fingerprint density at radius 2 is 2.17 bits per heavy atom. The summed E-state index contributed by atoms with van der Waals surface area (Å²) >= 11 is 0. The maximum Gasteiger partial charge on any atom is 0.252 e. The lowest BCUT2D eigenvalue weighted by atomic mass is 10.3. The lowest BCUT2D eigenvalue weighted by molar-refractivity contribution is 0.0954. The summed E-state index contributed by atoms with van der Waals surface area (Å²) in [6.07, 6.45) is 5.62. The SMILES string of the molecule is CCNC(=NCCNC(=O)c1cccnc1)NC1CCN(c2ncccc2F)C1. The minimum Gasteiger partial charge on any atom is -0.357 e. The Labute approximate surface area is 169 Å². The molecule has 1 aliphatic heterocycles. The van der Waals surface area contributed by atoms with Crippen molar-refractivity contribution in [1.82, 2.24) is 25.9 Å². The Balaban J connectivity index is 1.48. The molecule has 3 heterocycles. The summed E-state index contributed by atoms with van der Waals surface area (Å²) in [5.74, 6) is 0.585. The Kier molecular flexibility index (Phi) is 7.32. The van der Waals surface area contributed by atoms with Crippen LogP contribution in [0.15, 0.2) is 47.8 Å². The van der Waals surface area contributed by atoms with E-state index < -0.39 is 0 Å². The molecule has 1 atom stereocenters. The molecular formula is C20H26FN7O. The van der Waals surface area contributed by atoms with Crippen LogP contribution in [0, 0.1) is 5.82 Å². The number of guanidine groups is 1. The van der Waals surface area contributed by atoms with Gasteiger partial charge >= 0.3 is 0 Å². The molecule has 1 saturated heterocycles. The highest BCUT2D eigenvalue weighted by atomic mass is 19.1. The summed E-state index contributed by atoms with van der Waals surface area (Å²) in [5.41, 5.74) is 0.523. The topological polar surface area (TPSA) is 94.5 Å². The number of hydrogen-bond acceptors (Lipinski definition) is 5. The Morgan fingerprint density at radius 1 is 1.31 bits per heavy atom. The summed E-state index contributed by atoms with van der Waals surface area (Å²) in [5, 5.41) is 9.41. The molecule has 0 radical (unpaired) electrons. The molecule has 2 aromatic heterocycles. The molecule has 1 aliphatic rings. The normalized spacial score (nSPS) is 16.6. The summed E-state index contributed by atoms with van der Waals surface area (Å²) in [6.45, 7) is 4.94. The summed E-state index contributed by atoms with van der Waals surface area (Å²) in [6, 6.07) is 6.59. The van der Waals surface area contributed by atoms with Crippen molar-refractivity contribution < 1.29 is 9.18 Å². The summed E-state index contributed by atoms with van der Waals surface area (Å²) in [7, 11) is 0. The van der Waals surface area contributed by atoms with Crippen molar-refractivity contribution in [1.29, 1.82) is 0 Å². The van der Waals surface area contributed by atoms with Crippen LogP contribution in [0.1, 0.15) is 23.7 Å². The molecular weight excluding hydrogens is 373 g/mol. The number of halogens is 1. The molecule has 0 saturated carbocycles. The van der Waals surface area contributed by atoms with Crippen molar-refractivity contribution in [2.24, 2.45) is 4.99 Å². The number of pyridine rings is 2. The number of nitrogens with zero attached hydrogens (tertiary/aromatic N) is 4. The third-order valence-corrected chi connectivity index (χ3v) is 4.50. The number of amides is 1. The van der Waals surface area contributed by atoms with Gasteiger partial charge in [0.05, 0.1) is 12.1 Å². The molecule has 1 unspecified atom stereocenters. The fourth-order valence-corrected chi connectivity index (χ4v) is 3.13. The molecule has 2 aromatic rings. The number of carbonyl (C=O) groups is 1. The third-order valence-electron chi connectivity index (χ3n) is 4.50. The van der Waals surface area contributed by atoms with Crippen molar-refractivity contribution in [3.63, 3.8) is 0 Å². The predicted molar refractivity (Wildman–Crippen MR) is 110 cm³/mol. The summed E-state index contributed by atoms with van der Waals surface area (Å²) < 4.78 is 13.9. The zero-order valence-electron chi connectivity index (χ0n) is 16.4. The van der Waals surface area contributed by atoms with E-state index in [1.807, 2.05) is 11.8 Å². The van der Waals surface area contributed by atoms with Gasteiger partial charge < -0.3 is 20.9 Å². The highest BCUT2D eigenvalue weighted by Crippen LogP contribution is 2.20. The summed E-state index contributed by atoms with van der Waals surface area (Å²) in [4.78, 5) is 26.6.